The van der Waals surface area contributed by atoms with Crippen LogP contribution in [-0.4, -0.2) is 49.7 Å². The Morgan fingerprint density at radius 1 is 1.26 bits per heavy atom. The molecular weight excluding hydrogens is 342 g/mol. The van der Waals surface area contributed by atoms with E-state index in [1.165, 1.54) is 0 Å². The molecule has 0 unspecified atom stereocenters. The van der Waals surface area contributed by atoms with Crippen molar-refractivity contribution in [2.45, 2.75) is 25.7 Å². The van der Waals surface area contributed by atoms with Gasteiger partial charge in [0.2, 0.25) is 5.91 Å². The summed E-state index contributed by atoms with van der Waals surface area (Å²) in [6.07, 6.45) is 2.01. The van der Waals surface area contributed by atoms with Gasteiger partial charge in [-0.25, -0.2) is 0 Å². The van der Waals surface area contributed by atoms with E-state index in [1.54, 1.807) is 14.2 Å². The van der Waals surface area contributed by atoms with Crippen LogP contribution in [0.15, 0.2) is 36.4 Å². The number of hydrogen-bond acceptors (Lipinski definition) is 5. The van der Waals surface area contributed by atoms with Crippen LogP contribution in [-0.2, 0) is 9.53 Å². The highest BCUT2D eigenvalue weighted by atomic mass is 16.5. The van der Waals surface area contributed by atoms with Crippen molar-refractivity contribution < 1.29 is 14.3 Å². The number of likely N-dealkylation sites (tertiary alicyclic amines) is 1. The SMILES string of the molecule is COCC(=O)N1CCC[C@@H](c2cc(Nc3cccc(OC)c3)cc(C)n2)C1. The number of pyridine rings is 1. The average molecular weight is 369 g/mol. The molecule has 1 aliphatic rings. The number of hydrogen-bond donors (Lipinski definition) is 1. The van der Waals surface area contributed by atoms with Crippen LogP contribution in [0.2, 0.25) is 0 Å². The highest BCUT2D eigenvalue weighted by Gasteiger charge is 2.25. The lowest BCUT2D eigenvalue weighted by Crippen LogP contribution is -2.41. The van der Waals surface area contributed by atoms with E-state index in [-0.39, 0.29) is 18.4 Å². The van der Waals surface area contributed by atoms with Crippen molar-refractivity contribution in [3.8, 4) is 5.75 Å². The lowest BCUT2D eigenvalue weighted by molar-refractivity contribution is -0.136. The summed E-state index contributed by atoms with van der Waals surface area (Å²) in [7, 11) is 3.21. The molecule has 1 aromatic carbocycles. The molecule has 1 aromatic heterocycles. The Balaban J connectivity index is 1.77. The summed E-state index contributed by atoms with van der Waals surface area (Å²) in [6, 6.07) is 11.9. The Morgan fingerprint density at radius 3 is 2.89 bits per heavy atom. The van der Waals surface area contributed by atoms with E-state index in [4.69, 9.17) is 14.5 Å². The molecule has 3 rings (SSSR count). The Morgan fingerprint density at radius 2 is 2.11 bits per heavy atom. The number of nitrogens with one attached hydrogen (secondary N) is 1. The maximum absolute atomic E-state index is 12.2. The second kappa shape index (κ2) is 8.86. The number of ether oxygens (including phenoxy) is 2. The van der Waals surface area contributed by atoms with Crippen LogP contribution in [0.4, 0.5) is 11.4 Å². The first kappa shape index (κ1) is 19.2. The van der Waals surface area contributed by atoms with Gasteiger partial charge in [0.15, 0.2) is 0 Å². The van der Waals surface area contributed by atoms with Gasteiger partial charge in [0, 0.05) is 54.9 Å². The molecule has 1 aliphatic heterocycles. The first-order valence-electron chi connectivity index (χ1n) is 9.25. The second-order valence-corrected chi connectivity index (χ2v) is 6.89. The summed E-state index contributed by atoms with van der Waals surface area (Å²) >= 11 is 0. The summed E-state index contributed by atoms with van der Waals surface area (Å²) in [5.74, 6) is 1.10. The third-order valence-electron chi connectivity index (χ3n) is 4.79. The molecular formula is C21H27N3O3. The largest absolute Gasteiger partial charge is 0.497 e. The average Bonchev–Trinajstić information content (AvgIpc) is 2.68. The quantitative estimate of drug-likeness (QED) is 0.844. The molecule has 0 aliphatic carbocycles. The summed E-state index contributed by atoms with van der Waals surface area (Å²) in [5.41, 5.74) is 3.94. The van der Waals surface area contributed by atoms with Crippen LogP contribution >= 0.6 is 0 Å². The Labute approximate surface area is 160 Å². The molecule has 0 spiro atoms. The van der Waals surface area contributed by atoms with Crippen molar-refractivity contribution in [1.29, 1.82) is 0 Å². The molecule has 6 heteroatoms. The van der Waals surface area contributed by atoms with E-state index >= 15 is 0 Å². The molecule has 1 N–H and O–H groups in total. The van der Waals surface area contributed by atoms with Gasteiger partial charge in [0.25, 0.3) is 0 Å². The molecule has 0 radical (unpaired) electrons. The van der Waals surface area contributed by atoms with Crippen LogP contribution in [0.5, 0.6) is 5.75 Å². The van der Waals surface area contributed by atoms with E-state index in [9.17, 15) is 4.79 Å². The third kappa shape index (κ3) is 4.98. The fourth-order valence-corrected chi connectivity index (χ4v) is 3.50. The van der Waals surface area contributed by atoms with Gasteiger partial charge in [0.05, 0.1) is 7.11 Å². The van der Waals surface area contributed by atoms with Crippen LogP contribution in [0.3, 0.4) is 0 Å². The van der Waals surface area contributed by atoms with E-state index in [0.717, 1.165) is 47.9 Å². The molecule has 1 saturated heterocycles. The number of rotatable bonds is 6. The number of anilines is 2. The van der Waals surface area contributed by atoms with Crippen molar-refractivity contribution in [3.63, 3.8) is 0 Å². The highest BCUT2D eigenvalue weighted by Crippen LogP contribution is 2.29. The minimum atomic E-state index is 0.0459. The van der Waals surface area contributed by atoms with Gasteiger partial charge in [0.1, 0.15) is 12.4 Å². The van der Waals surface area contributed by atoms with Gasteiger partial charge >= 0.3 is 0 Å². The molecule has 0 saturated carbocycles. The maximum atomic E-state index is 12.2. The minimum absolute atomic E-state index is 0.0459. The number of carbonyl (C=O) groups excluding carboxylic acids is 1. The molecule has 1 fully saturated rings. The monoisotopic (exact) mass is 369 g/mol. The minimum Gasteiger partial charge on any atom is -0.497 e. The Bertz CT molecular complexity index is 794. The maximum Gasteiger partial charge on any atom is 0.248 e. The van der Waals surface area contributed by atoms with Crippen molar-refractivity contribution in [2.75, 3.05) is 39.2 Å². The topological polar surface area (TPSA) is 63.7 Å². The zero-order chi connectivity index (χ0) is 19.2. The fourth-order valence-electron chi connectivity index (χ4n) is 3.50. The summed E-state index contributed by atoms with van der Waals surface area (Å²) in [5, 5.41) is 3.43. The smallest absolute Gasteiger partial charge is 0.248 e. The number of aryl methyl sites for hydroxylation is 1. The lowest BCUT2D eigenvalue weighted by atomic mass is 9.93. The van der Waals surface area contributed by atoms with E-state index in [0.29, 0.717) is 6.54 Å². The van der Waals surface area contributed by atoms with Crippen LogP contribution < -0.4 is 10.1 Å². The standard InChI is InChI=1S/C21H27N3O3/c1-15-10-18(23-17-7-4-8-19(11-17)27-3)12-20(22-15)16-6-5-9-24(13-16)21(25)14-26-2/h4,7-8,10-12,16H,5-6,9,13-14H2,1-3H3,(H,22,23)/t16-/m1/s1. The predicted molar refractivity (Wildman–Crippen MR) is 106 cm³/mol. The molecule has 6 nitrogen and oxygen atoms in total. The van der Waals surface area contributed by atoms with Gasteiger partial charge in [-0.15, -0.1) is 0 Å². The zero-order valence-electron chi connectivity index (χ0n) is 16.2. The van der Waals surface area contributed by atoms with E-state index in [2.05, 4.69) is 11.4 Å². The predicted octanol–water partition coefficient (Wildman–Crippen LogP) is 3.49. The second-order valence-electron chi connectivity index (χ2n) is 6.89. The third-order valence-corrected chi connectivity index (χ3v) is 4.79. The van der Waals surface area contributed by atoms with Gasteiger partial charge < -0.3 is 19.7 Å². The molecule has 2 heterocycles. The van der Waals surface area contributed by atoms with Crippen LogP contribution in [0.1, 0.15) is 30.1 Å². The number of methoxy groups -OCH3 is 2. The van der Waals surface area contributed by atoms with Crippen molar-refractivity contribution in [1.82, 2.24) is 9.88 Å². The number of nitrogens with zero attached hydrogens (tertiary/aromatic N) is 2. The fraction of sp³-hybridized carbons (Fsp3) is 0.429. The number of aromatic nitrogens is 1. The number of amides is 1. The van der Waals surface area contributed by atoms with Gasteiger partial charge in [-0.1, -0.05) is 6.07 Å². The lowest BCUT2D eigenvalue weighted by Gasteiger charge is -2.32. The number of carbonyl (C=O) groups is 1. The van der Waals surface area contributed by atoms with Gasteiger partial charge in [-0.3, -0.25) is 9.78 Å². The van der Waals surface area contributed by atoms with Crippen LogP contribution in [0, 0.1) is 6.92 Å². The van der Waals surface area contributed by atoms with Crippen LogP contribution in [0.25, 0.3) is 0 Å². The highest BCUT2D eigenvalue weighted by molar-refractivity contribution is 5.77. The number of benzene rings is 1. The molecule has 2 aromatic rings. The molecule has 27 heavy (non-hydrogen) atoms. The van der Waals surface area contributed by atoms with Crippen molar-refractivity contribution >= 4 is 17.3 Å². The van der Waals surface area contributed by atoms with Gasteiger partial charge in [-0.05, 0) is 44.0 Å². The summed E-state index contributed by atoms with van der Waals surface area (Å²) in [6.45, 7) is 3.62. The molecule has 1 atom stereocenters. The Hall–Kier alpha value is -2.60. The van der Waals surface area contributed by atoms with E-state index in [1.807, 2.05) is 42.2 Å². The van der Waals surface area contributed by atoms with Crippen molar-refractivity contribution in [2.24, 2.45) is 0 Å². The first-order valence-corrected chi connectivity index (χ1v) is 9.25. The molecule has 144 valence electrons. The normalized spacial score (nSPS) is 16.9. The summed E-state index contributed by atoms with van der Waals surface area (Å²) in [4.78, 5) is 18.8. The van der Waals surface area contributed by atoms with Gasteiger partial charge in [-0.2, -0.15) is 0 Å². The molecule has 0 bridgehead atoms. The van der Waals surface area contributed by atoms with Crippen molar-refractivity contribution in [3.05, 3.63) is 47.8 Å². The number of piperidine rings is 1. The van der Waals surface area contributed by atoms with E-state index < -0.39 is 0 Å². The zero-order valence-corrected chi connectivity index (χ0v) is 16.2. The first-order chi connectivity index (χ1) is 13.1. The molecule has 1 amide bonds. The Kier molecular flexibility index (Phi) is 6.29. The summed E-state index contributed by atoms with van der Waals surface area (Å²) < 4.78 is 10.3.